The Morgan fingerprint density at radius 3 is 2.79 bits per heavy atom. The summed E-state index contributed by atoms with van der Waals surface area (Å²) in [5.74, 6) is -0.120. The smallest absolute Gasteiger partial charge is 0.254 e. The zero-order chi connectivity index (χ0) is 17.3. The molecule has 1 aromatic carbocycles. The van der Waals surface area contributed by atoms with Gasteiger partial charge in [-0.3, -0.25) is 9.59 Å². The second-order valence-corrected chi connectivity index (χ2v) is 6.02. The van der Waals surface area contributed by atoms with Crippen molar-refractivity contribution in [2.75, 3.05) is 13.1 Å². The maximum atomic E-state index is 13.3. The molecular formula is C18H19FN2O3. The van der Waals surface area contributed by atoms with Crippen LogP contribution in [-0.4, -0.2) is 34.6 Å². The number of hydrogen-bond donors (Lipinski definition) is 0. The maximum Gasteiger partial charge on any atom is 0.254 e. The van der Waals surface area contributed by atoms with Gasteiger partial charge in [0.25, 0.3) is 11.5 Å². The number of amides is 1. The Bertz CT molecular complexity index is 831. The number of aryl methyl sites for hydroxylation is 1. The third-order valence-electron chi connectivity index (χ3n) is 4.28. The van der Waals surface area contributed by atoms with E-state index in [1.54, 1.807) is 28.6 Å². The van der Waals surface area contributed by atoms with Crippen molar-refractivity contribution in [1.29, 1.82) is 0 Å². The van der Waals surface area contributed by atoms with Crippen LogP contribution in [0, 0.1) is 12.7 Å². The van der Waals surface area contributed by atoms with Gasteiger partial charge in [0.15, 0.2) is 0 Å². The summed E-state index contributed by atoms with van der Waals surface area (Å²) in [5.41, 5.74) is 1.01. The van der Waals surface area contributed by atoms with E-state index in [-0.39, 0.29) is 17.6 Å². The first-order valence-corrected chi connectivity index (χ1v) is 7.83. The first-order valence-electron chi connectivity index (χ1n) is 7.83. The van der Waals surface area contributed by atoms with Crippen molar-refractivity contribution in [3.8, 4) is 5.75 Å². The third kappa shape index (κ3) is 3.32. The van der Waals surface area contributed by atoms with Crippen molar-refractivity contribution in [2.24, 2.45) is 7.05 Å². The second-order valence-electron chi connectivity index (χ2n) is 6.02. The van der Waals surface area contributed by atoms with Crippen molar-refractivity contribution in [3.63, 3.8) is 0 Å². The molecule has 0 bridgehead atoms. The molecule has 126 valence electrons. The summed E-state index contributed by atoms with van der Waals surface area (Å²) in [6.07, 6.45) is 0.504. The quantitative estimate of drug-likeness (QED) is 0.866. The molecule has 1 aliphatic heterocycles. The molecule has 24 heavy (non-hydrogen) atoms. The fourth-order valence-corrected chi connectivity index (χ4v) is 2.81. The minimum Gasteiger partial charge on any atom is -0.488 e. The van der Waals surface area contributed by atoms with Crippen LogP contribution in [0.25, 0.3) is 0 Å². The monoisotopic (exact) mass is 330 g/mol. The van der Waals surface area contributed by atoms with Crippen molar-refractivity contribution in [2.45, 2.75) is 19.4 Å². The van der Waals surface area contributed by atoms with E-state index >= 15 is 0 Å². The number of hydrogen-bond acceptors (Lipinski definition) is 3. The van der Waals surface area contributed by atoms with Crippen LogP contribution in [0.3, 0.4) is 0 Å². The molecular weight excluding hydrogens is 311 g/mol. The van der Waals surface area contributed by atoms with Crippen molar-refractivity contribution in [3.05, 3.63) is 63.8 Å². The summed E-state index contributed by atoms with van der Waals surface area (Å²) in [5, 5.41) is 0. The molecule has 1 fully saturated rings. The molecule has 0 saturated carbocycles. The van der Waals surface area contributed by atoms with E-state index in [4.69, 9.17) is 4.74 Å². The highest BCUT2D eigenvalue weighted by molar-refractivity contribution is 5.94. The van der Waals surface area contributed by atoms with Crippen LogP contribution in [0.1, 0.15) is 22.5 Å². The highest BCUT2D eigenvalue weighted by Gasteiger charge is 2.28. The van der Waals surface area contributed by atoms with Gasteiger partial charge in [0.05, 0.1) is 6.54 Å². The summed E-state index contributed by atoms with van der Waals surface area (Å²) in [6.45, 7) is 2.80. The van der Waals surface area contributed by atoms with E-state index in [1.807, 2.05) is 6.92 Å². The molecule has 6 heteroatoms. The van der Waals surface area contributed by atoms with Gasteiger partial charge >= 0.3 is 0 Å². The first kappa shape index (κ1) is 16.2. The highest BCUT2D eigenvalue weighted by atomic mass is 19.1. The van der Waals surface area contributed by atoms with Crippen LogP contribution in [0.5, 0.6) is 5.75 Å². The number of pyridine rings is 1. The van der Waals surface area contributed by atoms with Crippen LogP contribution >= 0.6 is 0 Å². The van der Waals surface area contributed by atoms with Crippen LogP contribution in [0.4, 0.5) is 4.39 Å². The van der Waals surface area contributed by atoms with Crippen LogP contribution in [0.15, 0.2) is 41.2 Å². The summed E-state index contributed by atoms with van der Waals surface area (Å²) < 4.78 is 20.7. The highest BCUT2D eigenvalue weighted by Crippen LogP contribution is 2.20. The van der Waals surface area contributed by atoms with E-state index in [1.165, 1.54) is 24.3 Å². The molecule has 1 atom stereocenters. The standard InChI is InChI=1S/C18H19FN2O3/c1-12-8-16(10-17(22)20(12)2)24-15-6-7-21(11-15)18(23)13-4-3-5-14(19)9-13/h3-5,8-10,15H,6-7,11H2,1-2H3. The van der Waals surface area contributed by atoms with Gasteiger partial charge in [0.2, 0.25) is 0 Å². The van der Waals surface area contributed by atoms with E-state index < -0.39 is 5.82 Å². The zero-order valence-electron chi connectivity index (χ0n) is 13.7. The van der Waals surface area contributed by atoms with Gasteiger partial charge in [-0.25, -0.2) is 4.39 Å². The van der Waals surface area contributed by atoms with Gasteiger partial charge in [-0.15, -0.1) is 0 Å². The average Bonchev–Trinajstić information content (AvgIpc) is 3.00. The summed E-state index contributed by atoms with van der Waals surface area (Å²) in [6, 6.07) is 8.92. The number of likely N-dealkylation sites (tertiary alicyclic amines) is 1. The number of aromatic nitrogens is 1. The first-order chi connectivity index (χ1) is 11.4. The molecule has 1 aromatic heterocycles. The fraction of sp³-hybridized carbons (Fsp3) is 0.333. The molecule has 1 unspecified atom stereocenters. The fourth-order valence-electron chi connectivity index (χ4n) is 2.81. The Labute approximate surface area is 139 Å². The van der Waals surface area contributed by atoms with E-state index in [0.29, 0.717) is 30.8 Å². The minimum absolute atomic E-state index is 0.129. The van der Waals surface area contributed by atoms with Gasteiger partial charge in [-0.05, 0) is 31.2 Å². The van der Waals surface area contributed by atoms with Crippen molar-refractivity contribution >= 4 is 5.91 Å². The number of ether oxygens (including phenoxy) is 1. The molecule has 0 N–H and O–H groups in total. The molecule has 1 aliphatic rings. The number of nitrogens with zero attached hydrogens (tertiary/aromatic N) is 2. The van der Waals surface area contributed by atoms with Crippen molar-refractivity contribution < 1.29 is 13.9 Å². The topological polar surface area (TPSA) is 51.5 Å². The average molecular weight is 330 g/mol. The molecule has 1 saturated heterocycles. The van der Waals surface area contributed by atoms with Crippen LogP contribution in [-0.2, 0) is 7.05 Å². The van der Waals surface area contributed by atoms with Crippen molar-refractivity contribution in [1.82, 2.24) is 9.47 Å². The van der Waals surface area contributed by atoms with Crippen LogP contribution in [0.2, 0.25) is 0 Å². The predicted octanol–water partition coefficient (Wildman–Crippen LogP) is 2.13. The molecule has 5 nitrogen and oxygen atoms in total. The van der Waals surface area contributed by atoms with E-state index in [0.717, 1.165) is 5.69 Å². The molecule has 2 heterocycles. The largest absolute Gasteiger partial charge is 0.488 e. The molecule has 2 aromatic rings. The zero-order valence-corrected chi connectivity index (χ0v) is 13.7. The van der Waals surface area contributed by atoms with Gasteiger partial charge in [-0.2, -0.15) is 0 Å². The third-order valence-corrected chi connectivity index (χ3v) is 4.28. The SMILES string of the molecule is Cc1cc(OC2CCN(C(=O)c3cccc(F)c3)C2)cc(=O)n1C. The molecule has 3 rings (SSSR count). The molecule has 0 radical (unpaired) electrons. The Kier molecular flexibility index (Phi) is 4.38. The Morgan fingerprint density at radius 2 is 2.08 bits per heavy atom. The number of carbonyl (C=O) groups is 1. The minimum atomic E-state index is -0.427. The number of carbonyl (C=O) groups excluding carboxylic acids is 1. The van der Waals surface area contributed by atoms with Gasteiger partial charge in [-0.1, -0.05) is 6.07 Å². The van der Waals surface area contributed by atoms with Gasteiger partial charge < -0.3 is 14.2 Å². The summed E-state index contributed by atoms with van der Waals surface area (Å²) in [4.78, 5) is 25.9. The number of benzene rings is 1. The number of halogens is 1. The summed E-state index contributed by atoms with van der Waals surface area (Å²) in [7, 11) is 1.70. The van der Waals surface area contributed by atoms with E-state index in [9.17, 15) is 14.0 Å². The molecule has 0 aliphatic carbocycles. The van der Waals surface area contributed by atoms with E-state index in [2.05, 4.69) is 0 Å². The lowest BCUT2D eigenvalue weighted by molar-refractivity contribution is 0.0772. The van der Waals surface area contributed by atoms with Gasteiger partial charge in [0, 0.05) is 37.3 Å². The van der Waals surface area contributed by atoms with Gasteiger partial charge in [0.1, 0.15) is 17.7 Å². The lowest BCUT2D eigenvalue weighted by atomic mass is 10.2. The molecule has 1 amide bonds. The Morgan fingerprint density at radius 1 is 1.29 bits per heavy atom. The lowest BCUT2D eigenvalue weighted by Gasteiger charge is -2.18. The second kappa shape index (κ2) is 6.47. The normalized spacial score (nSPS) is 17.1. The number of rotatable bonds is 3. The summed E-state index contributed by atoms with van der Waals surface area (Å²) >= 11 is 0. The Balaban J connectivity index is 1.67. The predicted molar refractivity (Wildman–Crippen MR) is 87.8 cm³/mol. The molecule has 0 spiro atoms. The Hall–Kier alpha value is -2.63. The maximum absolute atomic E-state index is 13.3. The van der Waals surface area contributed by atoms with Crippen LogP contribution < -0.4 is 10.3 Å². The lowest BCUT2D eigenvalue weighted by Crippen LogP contribution is -2.31.